The molecule has 3 rings (SSSR count). The van der Waals surface area contributed by atoms with E-state index in [0.717, 1.165) is 16.8 Å². The van der Waals surface area contributed by atoms with E-state index in [-0.39, 0.29) is 17.9 Å². The Morgan fingerprint density at radius 2 is 1.74 bits per heavy atom. The van der Waals surface area contributed by atoms with Gasteiger partial charge in [0.25, 0.3) is 0 Å². The normalized spacial score (nSPS) is 21.3. The molecule has 3 heteroatoms. The molecule has 1 aliphatic rings. The van der Waals surface area contributed by atoms with Gasteiger partial charge in [-0.2, -0.15) is 0 Å². The number of hydrogen-bond donors (Lipinski definition) is 2. The molecule has 1 amide bonds. The molecule has 0 bridgehead atoms. The first kappa shape index (κ1) is 11.8. The van der Waals surface area contributed by atoms with Crippen molar-refractivity contribution in [2.75, 3.05) is 5.32 Å². The molecule has 0 aliphatic carbocycles. The summed E-state index contributed by atoms with van der Waals surface area (Å²) < 4.78 is 0. The highest BCUT2D eigenvalue weighted by Crippen LogP contribution is 2.36. The third kappa shape index (κ3) is 2.19. The Bertz CT molecular complexity index is 595. The van der Waals surface area contributed by atoms with Gasteiger partial charge in [-0.1, -0.05) is 48.5 Å². The number of carbonyl (C=O) groups is 1. The van der Waals surface area contributed by atoms with E-state index >= 15 is 0 Å². The number of primary amides is 1. The number of para-hydroxylation sites is 1. The second-order valence-corrected chi connectivity index (χ2v) is 4.90. The first-order valence-corrected chi connectivity index (χ1v) is 6.44. The van der Waals surface area contributed by atoms with Crippen LogP contribution in [-0.4, -0.2) is 5.91 Å². The minimum atomic E-state index is -0.254. The number of anilines is 1. The molecule has 3 nitrogen and oxygen atoms in total. The third-order valence-electron chi connectivity index (χ3n) is 3.69. The van der Waals surface area contributed by atoms with E-state index in [1.807, 2.05) is 54.6 Å². The molecule has 1 aliphatic heterocycles. The van der Waals surface area contributed by atoms with Gasteiger partial charge in [0.2, 0.25) is 5.91 Å². The van der Waals surface area contributed by atoms with Gasteiger partial charge in [0.05, 0.1) is 12.0 Å². The summed E-state index contributed by atoms with van der Waals surface area (Å²) in [5, 5.41) is 3.44. The van der Waals surface area contributed by atoms with Crippen molar-refractivity contribution in [3.8, 4) is 0 Å². The highest BCUT2D eigenvalue weighted by atomic mass is 16.1. The van der Waals surface area contributed by atoms with Crippen LogP contribution in [0.2, 0.25) is 0 Å². The zero-order valence-corrected chi connectivity index (χ0v) is 10.5. The maximum absolute atomic E-state index is 11.7. The Labute approximate surface area is 112 Å². The molecule has 2 atom stereocenters. The lowest BCUT2D eigenvalue weighted by atomic mass is 9.83. The third-order valence-corrected chi connectivity index (χ3v) is 3.69. The molecular weight excluding hydrogens is 236 g/mol. The predicted molar refractivity (Wildman–Crippen MR) is 75.6 cm³/mol. The highest BCUT2D eigenvalue weighted by Gasteiger charge is 2.32. The lowest BCUT2D eigenvalue weighted by molar-refractivity contribution is -0.122. The summed E-state index contributed by atoms with van der Waals surface area (Å²) in [5.41, 5.74) is 8.91. The Hall–Kier alpha value is -2.29. The summed E-state index contributed by atoms with van der Waals surface area (Å²) in [6.07, 6.45) is 0.693. The van der Waals surface area contributed by atoms with E-state index in [2.05, 4.69) is 5.32 Å². The first-order valence-electron chi connectivity index (χ1n) is 6.44. The lowest BCUT2D eigenvalue weighted by Crippen LogP contribution is -2.37. The molecule has 1 heterocycles. The van der Waals surface area contributed by atoms with Gasteiger partial charge in [0, 0.05) is 5.69 Å². The van der Waals surface area contributed by atoms with Crippen LogP contribution >= 0.6 is 0 Å². The van der Waals surface area contributed by atoms with Gasteiger partial charge in [0.15, 0.2) is 0 Å². The van der Waals surface area contributed by atoms with E-state index in [1.165, 1.54) is 0 Å². The summed E-state index contributed by atoms with van der Waals surface area (Å²) >= 11 is 0. The van der Waals surface area contributed by atoms with Crippen LogP contribution in [0.1, 0.15) is 17.2 Å². The van der Waals surface area contributed by atoms with Crippen molar-refractivity contribution >= 4 is 11.6 Å². The summed E-state index contributed by atoms with van der Waals surface area (Å²) in [7, 11) is 0. The fourth-order valence-corrected chi connectivity index (χ4v) is 2.70. The highest BCUT2D eigenvalue weighted by molar-refractivity contribution is 5.80. The maximum Gasteiger partial charge on any atom is 0.223 e. The quantitative estimate of drug-likeness (QED) is 0.862. The molecule has 2 aromatic carbocycles. The predicted octanol–water partition coefficient (Wildman–Crippen LogP) is 2.50. The summed E-state index contributed by atoms with van der Waals surface area (Å²) in [4.78, 5) is 11.7. The van der Waals surface area contributed by atoms with Crippen LogP contribution in [0.15, 0.2) is 54.6 Å². The SMILES string of the molecule is NC(=O)C1Cc2ccccc2NC1c1ccccc1. The van der Waals surface area contributed by atoms with Gasteiger partial charge in [-0.05, 0) is 23.6 Å². The van der Waals surface area contributed by atoms with Gasteiger partial charge in [-0.25, -0.2) is 0 Å². The summed E-state index contributed by atoms with van der Waals surface area (Å²) in [6, 6.07) is 18.0. The zero-order chi connectivity index (χ0) is 13.2. The lowest BCUT2D eigenvalue weighted by Gasteiger charge is -2.33. The van der Waals surface area contributed by atoms with Crippen LogP contribution in [-0.2, 0) is 11.2 Å². The average molecular weight is 252 g/mol. The number of fused-ring (bicyclic) bond motifs is 1. The molecule has 0 radical (unpaired) electrons. The van der Waals surface area contributed by atoms with Crippen molar-refractivity contribution in [1.82, 2.24) is 0 Å². The molecule has 96 valence electrons. The topological polar surface area (TPSA) is 55.1 Å². The van der Waals surface area contributed by atoms with Crippen molar-refractivity contribution in [3.05, 3.63) is 65.7 Å². The van der Waals surface area contributed by atoms with E-state index in [1.54, 1.807) is 0 Å². The molecule has 0 saturated heterocycles. The largest absolute Gasteiger partial charge is 0.377 e. The van der Waals surface area contributed by atoms with Gasteiger partial charge < -0.3 is 11.1 Å². The van der Waals surface area contributed by atoms with Crippen LogP contribution in [0.4, 0.5) is 5.69 Å². The molecule has 3 N–H and O–H groups in total. The number of nitrogens with two attached hydrogens (primary N) is 1. The van der Waals surface area contributed by atoms with E-state index in [0.29, 0.717) is 6.42 Å². The second-order valence-electron chi connectivity index (χ2n) is 4.90. The van der Waals surface area contributed by atoms with Crippen LogP contribution < -0.4 is 11.1 Å². The maximum atomic E-state index is 11.7. The minimum Gasteiger partial charge on any atom is -0.377 e. The number of hydrogen-bond acceptors (Lipinski definition) is 2. The molecular formula is C16H16N2O. The van der Waals surface area contributed by atoms with Crippen LogP contribution in [0, 0.1) is 5.92 Å². The van der Waals surface area contributed by atoms with Crippen molar-refractivity contribution in [2.24, 2.45) is 11.7 Å². The monoisotopic (exact) mass is 252 g/mol. The van der Waals surface area contributed by atoms with Gasteiger partial charge >= 0.3 is 0 Å². The average Bonchev–Trinajstić information content (AvgIpc) is 2.46. The molecule has 2 aromatic rings. The van der Waals surface area contributed by atoms with Crippen LogP contribution in [0.5, 0.6) is 0 Å². The van der Waals surface area contributed by atoms with E-state index in [4.69, 9.17) is 5.73 Å². The molecule has 0 saturated carbocycles. The number of amides is 1. The van der Waals surface area contributed by atoms with Gasteiger partial charge in [0.1, 0.15) is 0 Å². The van der Waals surface area contributed by atoms with Crippen LogP contribution in [0.25, 0.3) is 0 Å². The Kier molecular flexibility index (Phi) is 2.95. The minimum absolute atomic E-state index is 0.0476. The molecule has 0 spiro atoms. The van der Waals surface area contributed by atoms with Crippen molar-refractivity contribution in [1.29, 1.82) is 0 Å². The fraction of sp³-hybridized carbons (Fsp3) is 0.188. The smallest absolute Gasteiger partial charge is 0.223 e. The number of rotatable bonds is 2. The summed E-state index contributed by atoms with van der Waals surface area (Å²) in [6.45, 7) is 0. The Morgan fingerprint density at radius 1 is 1.05 bits per heavy atom. The van der Waals surface area contributed by atoms with E-state index < -0.39 is 0 Å². The standard InChI is InChI=1S/C16H16N2O/c17-16(19)13-10-12-8-4-5-9-14(12)18-15(13)11-6-2-1-3-7-11/h1-9,13,15,18H,10H2,(H2,17,19). The van der Waals surface area contributed by atoms with Crippen molar-refractivity contribution in [3.63, 3.8) is 0 Å². The van der Waals surface area contributed by atoms with Crippen LogP contribution in [0.3, 0.4) is 0 Å². The number of carbonyl (C=O) groups excluding carboxylic acids is 1. The Morgan fingerprint density at radius 3 is 2.47 bits per heavy atom. The number of benzene rings is 2. The second kappa shape index (κ2) is 4.76. The van der Waals surface area contributed by atoms with Gasteiger partial charge in [-0.3, -0.25) is 4.79 Å². The molecule has 0 fully saturated rings. The van der Waals surface area contributed by atoms with Gasteiger partial charge in [-0.15, -0.1) is 0 Å². The van der Waals surface area contributed by atoms with Crippen molar-refractivity contribution < 1.29 is 4.79 Å². The Balaban J connectivity index is 2.01. The molecule has 2 unspecified atom stereocenters. The number of nitrogens with one attached hydrogen (secondary N) is 1. The first-order chi connectivity index (χ1) is 9.25. The fourth-order valence-electron chi connectivity index (χ4n) is 2.70. The zero-order valence-electron chi connectivity index (χ0n) is 10.5. The van der Waals surface area contributed by atoms with Crippen molar-refractivity contribution in [2.45, 2.75) is 12.5 Å². The van der Waals surface area contributed by atoms with E-state index in [9.17, 15) is 4.79 Å². The molecule has 19 heavy (non-hydrogen) atoms. The summed E-state index contributed by atoms with van der Waals surface area (Å²) in [5.74, 6) is -0.465. The molecule has 0 aromatic heterocycles.